The molecule has 0 saturated heterocycles. The summed E-state index contributed by atoms with van der Waals surface area (Å²) in [6, 6.07) is 0.578. The lowest BCUT2D eigenvalue weighted by atomic mass is 9.74. The van der Waals surface area contributed by atoms with Gasteiger partial charge in [-0.2, -0.15) is 0 Å². The molecule has 0 fully saturated rings. The minimum Gasteiger partial charge on any atom is -0.507 e. The van der Waals surface area contributed by atoms with Gasteiger partial charge in [0.15, 0.2) is 23.0 Å². The van der Waals surface area contributed by atoms with Gasteiger partial charge in [-0.05, 0) is 12.8 Å². The number of phenols is 5. The van der Waals surface area contributed by atoms with Gasteiger partial charge in [-0.3, -0.25) is 24.0 Å². The van der Waals surface area contributed by atoms with Crippen LogP contribution in [0.1, 0.15) is 62.5 Å². The van der Waals surface area contributed by atoms with E-state index in [1.807, 2.05) is 0 Å². The molecule has 0 saturated carbocycles. The number of benzene rings is 2. The third-order valence-electron chi connectivity index (χ3n) is 6.25. The SMILES string of the molecule is CCc1c(O)c2c(c(O)c1OC1(CC)C(=O)C(=O)c3c(O)c(O)cc(O)c3C1=O)C(=O)C(=O)C=C2O. The Morgan fingerprint density at radius 2 is 1.33 bits per heavy atom. The van der Waals surface area contributed by atoms with Crippen LogP contribution in [0.5, 0.6) is 34.5 Å². The Morgan fingerprint density at radius 1 is 0.722 bits per heavy atom. The highest BCUT2D eigenvalue weighted by Crippen LogP contribution is 2.50. The van der Waals surface area contributed by atoms with E-state index in [0.717, 1.165) is 0 Å². The lowest BCUT2D eigenvalue weighted by Gasteiger charge is -2.35. The van der Waals surface area contributed by atoms with Crippen molar-refractivity contribution in [3.05, 3.63) is 40.0 Å². The van der Waals surface area contributed by atoms with E-state index in [-0.39, 0.29) is 12.0 Å². The predicted octanol–water partition coefficient (Wildman–Crippen LogP) is 1.62. The molecular formula is C24H18O12. The molecule has 2 aromatic carbocycles. The topological polar surface area (TPSA) is 216 Å². The summed E-state index contributed by atoms with van der Waals surface area (Å²) >= 11 is 0. The molecule has 0 amide bonds. The highest BCUT2D eigenvalue weighted by molar-refractivity contribution is 6.56. The van der Waals surface area contributed by atoms with Gasteiger partial charge in [-0.25, -0.2) is 0 Å². The second-order valence-corrected chi connectivity index (χ2v) is 8.11. The average Bonchev–Trinajstić information content (AvgIpc) is 2.82. The summed E-state index contributed by atoms with van der Waals surface area (Å²) in [5.41, 5.74) is -6.20. The molecule has 4 rings (SSSR count). The molecular weight excluding hydrogens is 480 g/mol. The Kier molecular flexibility index (Phi) is 5.28. The number of aliphatic hydroxyl groups excluding tert-OH is 1. The Morgan fingerprint density at radius 3 is 1.92 bits per heavy atom. The summed E-state index contributed by atoms with van der Waals surface area (Å²) in [4.78, 5) is 64.0. The molecule has 0 heterocycles. The van der Waals surface area contributed by atoms with Crippen molar-refractivity contribution in [1.82, 2.24) is 0 Å². The smallest absolute Gasteiger partial charge is 0.255 e. The number of aromatic hydroxyl groups is 5. The maximum absolute atomic E-state index is 13.5. The van der Waals surface area contributed by atoms with Crippen LogP contribution in [0.25, 0.3) is 5.76 Å². The van der Waals surface area contributed by atoms with Gasteiger partial charge in [0.2, 0.25) is 28.7 Å². The number of carbonyl (C=O) groups is 5. The van der Waals surface area contributed by atoms with E-state index in [4.69, 9.17) is 4.74 Å². The van der Waals surface area contributed by atoms with Crippen LogP contribution in [0.3, 0.4) is 0 Å². The van der Waals surface area contributed by atoms with E-state index in [2.05, 4.69) is 0 Å². The van der Waals surface area contributed by atoms with Gasteiger partial charge >= 0.3 is 0 Å². The van der Waals surface area contributed by atoms with Crippen molar-refractivity contribution in [2.45, 2.75) is 32.3 Å². The zero-order valence-electron chi connectivity index (χ0n) is 18.7. The van der Waals surface area contributed by atoms with Crippen molar-refractivity contribution in [3.8, 4) is 34.5 Å². The third kappa shape index (κ3) is 2.90. The molecule has 186 valence electrons. The monoisotopic (exact) mass is 498 g/mol. The molecule has 0 aromatic heterocycles. The molecule has 2 aromatic rings. The second kappa shape index (κ2) is 7.83. The van der Waals surface area contributed by atoms with E-state index >= 15 is 0 Å². The first-order valence-electron chi connectivity index (χ1n) is 10.5. The number of aliphatic hydroxyl groups is 1. The standard InChI is InChI=1S/C24H18O12/c1-3-7-16(29)12-8(25)5-10(27)17(30)14(12)19(32)21(7)36-24(4-2)22(34)13-9(26)6-11(28)18(31)15(13)20(33)23(24)35/h5-6,25-26,28-29,31-32H,3-4H2,1-2H3. The van der Waals surface area contributed by atoms with Crippen LogP contribution >= 0.6 is 0 Å². The van der Waals surface area contributed by atoms with E-state index in [1.54, 1.807) is 0 Å². The number of rotatable bonds is 4. The Hall–Kier alpha value is -4.87. The molecule has 1 unspecified atom stereocenters. The fourth-order valence-corrected chi connectivity index (χ4v) is 4.40. The summed E-state index contributed by atoms with van der Waals surface area (Å²) < 4.78 is 5.64. The van der Waals surface area contributed by atoms with Crippen LogP contribution in [0.2, 0.25) is 0 Å². The summed E-state index contributed by atoms with van der Waals surface area (Å²) in [7, 11) is 0. The van der Waals surface area contributed by atoms with Gasteiger partial charge in [0.25, 0.3) is 5.78 Å². The number of allylic oxidation sites excluding steroid dienone is 1. The predicted molar refractivity (Wildman–Crippen MR) is 118 cm³/mol. The number of carbonyl (C=O) groups excluding carboxylic acids is 5. The molecule has 0 spiro atoms. The normalized spacial score (nSPS) is 19.2. The van der Waals surface area contributed by atoms with Crippen LogP contribution in [0.15, 0.2) is 12.1 Å². The van der Waals surface area contributed by atoms with Crippen molar-refractivity contribution in [2.24, 2.45) is 0 Å². The highest BCUT2D eigenvalue weighted by atomic mass is 16.5. The molecule has 12 nitrogen and oxygen atoms in total. The number of hydrogen-bond acceptors (Lipinski definition) is 12. The summed E-state index contributed by atoms with van der Waals surface area (Å²) in [6.45, 7) is 2.72. The molecule has 2 aliphatic carbocycles. The molecule has 1 atom stereocenters. The zero-order chi connectivity index (χ0) is 26.9. The maximum atomic E-state index is 13.5. The van der Waals surface area contributed by atoms with Gasteiger partial charge in [0, 0.05) is 17.7 Å². The second-order valence-electron chi connectivity index (χ2n) is 8.11. The quantitative estimate of drug-likeness (QED) is 0.153. The van der Waals surface area contributed by atoms with Crippen molar-refractivity contribution >= 4 is 34.7 Å². The lowest BCUT2D eigenvalue weighted by molar-refractivity contribution is -0.127. The maximum Gasteiger partial charge on any atom is 0.255 e. The number of ether oxygens (including phenoxy) is 1. The fourth-order valence-electron chi connectivity index (χ4n) is 4.40. The summed E-state index contributed by atoms with van der Waals surface area (Å²) in [6.07, 6.45) is -0.161. The first-order valence-corrected chi connectivity index (χ1v) is 10.5. The Labute approximate surface area is 201 Å². The van der Waals surface area contributed by atoms with Crippen LogP contribution < -0.4 is 4.74 Å². The van der Waals surface area contributed by atoms with Gasteiger partial charge < -0.3 is 35.4 Å². The van der Waals surface area contributed by atoms with Crippen LogP contribution in [-0.2, 0) is 16.0 Å². The summed E-state index contributed by atoms with van der Waals surface area (Å²) in [5, 5.41) is 61.9. The molecule has 36 heavy (non-hydrogen) atoms. The molecule has 12 heteroatoms. The Bertz CT molecular complexity index is 1480. The van der Waals surface area contributed by atoms with Crippen LogP contribution in [0.4, 0.5) is 0 Å². The van der Waals surface area contributed by atoms with Gasteiger partial charge in [-0.1, -0.05) is 13.8 Å². The number of fused-ring (bicyclic) bond motifs is 2. The van der Waals surface area contributed by atoms with E-state index in [0.29, 0.717) is 12.1 Å². The summed E-state index contributed by atoms with van der Waals surface area (Å²) in [5.74, 6) is -13.4. The lowest BCUT2D eigenvalue weighted by Crippen LogP contribution is -2.57. The molecule has 6 N–H and O–H groups in total. The molecule has 0 bridgehead atoms. The van der Waals surface area contributed by atoms with Crippen molar-refractivity contribution < 1.29 is 59.3 Å². The first-order chi connectivity index (χ1) is 16.8. The van der Waals surface area contributed by atoms with Crippen LogP contribution in [0, 0.1) is 0 Å². The zero-order valence-corrected chi connectivity index (χ0v) is 18.7. The minimum atomic E-state index is -2.74. The molecule has 0 aliphatic heterocycles. The van der Waals surface area contributed by atoms with Gasteiger partial charge in [0.1, 0.15) is 17.3 Å². The van der Waals surface area contributed by atoms with Crippen LogP contribution in [-0.4, -0.2) is 65.2 Å². The van der Waals surface area contributed by atoms with Gasteiger partial charge in [-0.15, -0.1) is 0 Å². The van der Waals surface area contributed by atoms with E-state index < -0.39 is 103 Å². The van der Waals surface area contributed by atoms with E-state index in [9.17, 15) is 54.6 Å². The first kappa shape index (κ1) is 24.3. The highest BCUT2D eigenvalue weighted by Gasteiger charge is 2.57. The minimum absolute atomic E-state index is 0.149. The number of phenolic OH excluding ortho intramolecular Hbond substituents is 5. The van der Waals surface area contributed by atoms with Crippen molar-refractivity contribution in [2.75, 3.05) is 0 Å². The van der Waals surface area contributed by atoms with Crippen molar-refractivity contribution in [1.29, 1.82) is 0 Å². The van der Waals surface area contributed by atoms with Crippen molar-refractivity contribution in [3.63, 3.8) is 0 Å². The number of Topliss-reactive ketones (excluding diaryl/α,β-unsaturated/α-hetero) is 4. The average molecular weight is 498 g/mol. The third-order valence-corrected chi connectivity index (χ3v) is 6.25. The number of hydrogen-bond donors (Lipinski definition) is 6. The van der Waals surface area contributed by atoms with Gasteiger partial charge in [0.05, 0.1) is 22.3 Å². The molecule has 2 aliphatic rings. The largest absolute Gasteiger partial charge is 0.507 e. The fraction of sp³-hybridized carbons (Fsp3) is 0.208. The number of ketones is 5. The van der Waals surface area contributed by atoms with E-state index in [1.165, 1.54) is 13.8 Å². The molecule has 0 radical (unpaired) electrons. The Balaban J connectivity index is 2.02.